The Balaban J connectivity index is 1.63. The number of hydrogen-bond donors (Lipinski definition) is 0. The Morgan fingerprint density at radius 3 is 1.48 bits per heavy atom. The van der Waals surface area contributed by atoms with Gasteiger partial charge in [-0.25, -0.2) is 4.98 Å². The lowest BCUT2D eigenvalue weighted by Crippen LogP contribution is -2.25. The predicted molar refractivity (Wildman–Crippen MR) is 171 cm³/mol. The van der Waals surface area contributed by atoms with Gasteiger partial charge >= 0.3 is 0 Å². The second kappa shape index (κ2) is 11.6. The standard InChI is InChI=1S/C36H31N3S/c1-38(2)31-23-25-32(26-24-31)39(34(28-17-9-4-10-18-28)29-19-11-5-12-20-29)36-33(27-15-7-3-8-16-27)37-35(40-36)30-21-13-6-14-22-30/h3-26,34H,1-2H3. The number of nitrogens with zero attached hydrogens (tertiary/aromatic N) is 3. The average molecular weight is 538 g/mol. The van der Waals surface area contributed by atoms with E-state index in [0.29, 0.717) is 0 Å². The molecule has 0 saturated heterocycles. The average Bonchev–Trinajstić information content (AvgIpc) is 3.47. The van der Waals surface area contributed by atoms with Crippen LogP contribution in [0.1, 0.15) is 17.2 Å². The maximum absolute atomic E-state index is 5.28. The third-order valence-electron chi connectivity index (χ3n) is 7.03. The summed E-state index contributed by atoms with van der Waals surface area (Å²) < 4.78 is 0. The lowest BCUT2D eigenvalue weighted by molar-refractivity contribution is 0.826. The molecule has 0 radical (unpaired) electrons. The molecule has 5 aromatic carbocycles. The first-order valence-corrected chi connectivity index (χ1v) is 14.3. The summed E-state index contributed by atoms with van der Waals surface area (Å²) in [6.45, 7) is 0. The summed E-state index contributed by atoms with van der Waals surface area (Å²) in [6, 6.07) is 51.3. The van der Waals surface area contributed by atoms with Crippen LogP contribution in [-0.2, 0) is 0 Å². The van der Waals surface area contributed by atoms with Crippen LogP contribution >= 0.6 is 11.3 Å². The van der Waals surface area contributed by atoms with Gasteiger partial charge in [-0.15, -0.1) is 0 Å². The summed E-state index contributed by atoms with van der Waals surface area (Å²) in [5, 5.41) is 2.12. The molecular formula is C36H31N3S. The van der Waals surface area contributed by atoms with E-state index in [1.807, 2.05) is 0 Å². The summed E-state index contributed by atoms with van der Waals surface area (Å²) in [5.74, 6) is 0. The first kappa shape index (κ1) is 25.6. The van der Waals surface area contributed by atoms with Crippen LogP contribution in [0.25, 0.3) is 21.8 Å². The van der Waals surface area contributed by atoms with E-state index in [2.05, 4.69) is 169 Å². The van der Waals surface area contributed by atoms with Crippen molar-refractivity contribution in [1.82, 2.24) is 4.98 Å². The van der Waals surface area contributed by atoms with Crippen molar-refractivity contribution in [2.45, 2.75) is 6.04 Å². The Morgan fingerprint density at radius 1 is 0.525 bits per heavy atom. The fourth-order valence-electron chi connectivity index (χ4n) is 5.02. The molecule has 0 spiro atoms. The van der Waals surface area contributed by atoms with Crippen molar-refractivity contribution in [2.24, 2.45) is 0 Å². The molecule has 196 valence electrons. The zero-order chi connectivity index (χ0) is 27.3. The van der Waals surface area contributed by atoms with Crippen LogP contribution in [-0.4, -0.2) is 19.1 Å². The second-order valence-corrected chi connectivity index (χ2v) is 10.9. The summed E-state index contributed by atoms with van der Waals surface area (Å²) in [7, 11) is 4.15. The lowest BCUT2D eigenvalue weighted by Gasteiger charge is -2.34. The van der Waals surface area contributed by atoms with Crippen LogP contribution in [0.3, 0.4) is 0 Å². The molecule has 0 unspecified atom stereocenters. The van der Waals surface area contributed by atoms with E-state index in [1.54, 1.807) is 11.3 Å². The molecule has 0 aliphatic rings. The zero-order valence-electron chi connectivity index (χ0n) is 22.7. The van der Waals surface area contributed by atoms with Gasteiger partial charge < -0.3 is 9.80 Å². The van der Waals surface area contributed by atoms with Crippen molar-refractivity contribution in [3.8, 4) is 21.8 Å². The fourth-order valence-corrected chi connectivity index (χ4v) is 6.16. The normalized spacial score (nSPS) is 11.0. The maximum Gasteiger partial charge on any atom is 0.126 e. The van der Waals surface area contributed by atoms with Crippen molar-refractivity contribution < 1.29 is 0 Å². The minimum absolute atomic E-state index is 0.0564. The molecule has 6 rings (SSSR count). The second-order valence-electron chi connectivity index (χ2n) is 9.91. The summed E-state index contributed by atoms with van der Waals surface area (Å²) in [5.41, 5.74) is 7.93. The van der Waals surface area contributed by atoms with Gasteiger partial charge in [0.25, 0.3) is 0 Å². The van der Waals surface area contributed by atoms with Gasteiger partial charge in [0.05, 0.1) is 6.04 Å². The maximum atomic E-state index is 5.28. The number of thiazole rings is 1. The summed E-state index contributed by atoms with van der Waals surface area (Å²) in [4.78, 5) is 9.88. The smallest absolute Gasteiger partial charge is 0.126 e. The Bertz CT molecular complexity index is 1610. The predicted octanol–water partition coefficient (Wildman–Crippen LogP) is 9.47. The SMILES string of the molecule is CN(C)c1ccc(N(c2sc(-c3ccccc3)nc2-c2ccccc2)C(c2ccccc2)c2ccccc2)cc1. The van der Waals surface area contributed by atoms with E-state index in [4.69, 9.17) is 4.98 Å². The van der Waals surface area contributed by atoms with E-state index in [0.717, 1.165) is 38.2 Å². The van der Waals surface area contributed by atoms with Crippen LogP contribution in [0, 0.1) is 0 Å². The number of rotatable bonds is 8. The molecule has 0 atom stereocenters. The number of anilines is 3. The van der Waals surface area contributed by atoms with Crippen LogP contribution < -0.4 is 9.80 Å². The van der Waals surface area contributed by atoms with Gasteiger partial charge in [0, 0.05) is 36.6 Å². The summed E-state index contributed by atoms with van der Waals surface area (Å²) in [6.07, 6.45) is 0. The molecule has 40 heavy (non-hydrogen) atoms. The Hall–Kier alpha value is -4.67. The van der Waals surface area contributed by atoms with E-state index in [-0.39, 0.29) is 6.04 Å². The third-order valence-corrected chi connectivity index (χ3v) is 8.13. The molecule has 6 aromatic rings. The van der Waals surface area contributed by atoms with Crippen molar-refractivity contribution in [1.29, 1.82) is 0 Å². The molecule has 1 aromatic heterocycles. The fraction of sp³-hybridized carbons (Fsp3) is 0.0833. The minimum Gasteiger partial charge on any atom is -0.378 e. The van der Waals surface area contributed by atoms with E-state index >= 15 is 0 Å². The van der Waals surface area contributed by atoms with Crippen molar-refractivity contribution in [3.63, 3.8) is 0 Å². The molecule has 3 nitrogen and oxygen atoms in total. The first-order valence-electron chi connectivity index (χ1n) is 13.5. The topological polar surface area (TPSA) is 19.4 Å². The molecule has 4 heteroatoms. The van der Waals surface area contributed by atoms with Crippen LogP contribution in [0.5, 0.6) is 0 Å². The van der Waals surface area contributed by atoms with Crippen molar-refractivity contribution in [2.75, 3.05) is 23.9 Å². The van der Waals surface area contributed by atoms with E-state index < -0.39 is 0 Å². The first-order chi connectivity index (χ1) is 19.7. The van der Waals surface area contributed by atoms with Gasteiger partial charge in [0.2, 0.25) is 0 Å². The number of benzene rings is 5. The molecule has 0 bridgehead atoms. The van der Waals surface area contributed by atoms with Crippen molar-refractivity contribution >= 4 is 27.7 Å². The zero-order valence-corrected chi connectivity index (χ0v) is 23.5. The van der Waals surface area contributed by atoms with Gasteiger partial charge in [-0.2, -0.15) is 0 Å². The van der Waals surface area contributed by atoms with Crippen LogP contribution in [0.4, 0.5) is 16.4 Å². The molecule has 0 N–H and O–H groups in total. The highest BCUT2D eigenvalue weighted by atomic mass is 32.1. The van der Waals surface area contributed by atoms with E-state index in [1.165, 1.54) is 11.1 Å². The summed E-state index contributed by atoms with van der Waals surface area (Å²) >= 11 is 1.74. The minimum atomic E-state index is -0.0564. The lowest BCUT2D eigenvalue weighted by atomic mass is 9.96. The molecule has 0 aliphatic heterocycles. The monoisotopic (exact) mass is 537 g/mol. The Morgan fingerprint density at radius 2 is 0.975 bits per heavy atom. The molecule has 1 heterocycles. The van der Waals surface area contributed by atoms with Gasteiger partial charge in [0.15, 0.2) is 0 Å². The molecule has 0 saturated carbocycles. The Labute approximate surface area is 240 Å². The molecular weight excluding hydrogens is 506 g/mol. The number of aromatic nitrogens is 1. The van der Waals surface area contributed by atoms with Crippen LogP contribution in [0.15, 0.2) is 146 Å². The third kappa shape index (κ3) is 5.27. The largest absolute Gasteiger partial charge is 0.378 e. The Kier molecular flexibility index (Phi) is 7.43. The number of hydrogen-bond acceptors (Lipinski definition) is 4. The molecule has 0 aliphatic carbocycles. The molecule has 0 amide bonds. The quantitative estimate of drug-likeness (QED) is 0.193. The van der Waals surface area contributed by atoms with Gasteiger partial charge in [0.1, 0.15) is 15.7 Å². The van der Waals surface area contributed by atoms with E-state index in [9.17, 15) is 0 Å². The highest BCUT2D eigenvalue weighted by Crippen LogP contribution is 2.48. The van der Waals surface area contributed by atoms with Gasteiger partial charge in [-0.05, 0) is 35.4 Å². The van der Waals surface area contributed by atoms with Gasteiger partial charge in [-0.1, -0.05) is 133 Å². The highest BCUT2D eigenvalue weighted by Gasteiger charge is 2.29. The van der Waals surface area contributed by atoms with Gasteiger partial charge in [-0.3, -0.25) is 0 Å². The highest BCUT2D eigenvalue weighted by molar-refractivity contribution is 7.19. The van der Waals surface area contributed by atoms with Crippen LogP contribution in [0.2, 0.25) is 0 Å². The van der Waals surface area contributed by atoms with Crippen molar-refractivity contribution in [3.05, 3.63) is 157 Å². The molecule has 0 fully saturated rings.